The molecule has 0 saturated heterocycles. The second kappa shape index (κ2) is 6.88. The van der Waals surface area contributed by atoms with Gasteiger partial charge in [-0.1, -0.05) is 6.42 Å². The first-order chi connectivity index (χ1) is 13.0. The summed E-state index contributed by atoms with van der Waals surface area (Å²) in [5, 5.41) is 3.36. The highest BCUT2D eigenvalue weighted by atomic mass is 32.1. The minimum atomic E-state index is -0.345. The highest BCUT2D eigenvalue weighted by Gasteiger charge is 2.22. The average molecular weight is 385 g/mol. The molecule has 0 unspecified atom stereocenters. The third kappa shape index (κ3) is 3.16. The van der Waals surface area contributed by atoms with E-state index in [9.17, 15) is 14.0 Å². The van der Waals surface area contributed by atoms with Crippen molar-refractivity contribution in [2.75, 3.05) is 5.32 Å². The number of carbonyl (C=O) groups is 1. The molecule has 1 amide bonds. The molecule has 140 valence electrons. The Kier molecular flexibility index (Phi) is 4.55. The number of nitrogens with one attached hydrogen (secondary N) is 1. The molecule has 4 rings (SSSR count). The van der Waals surface area contributed by atoms with Crippen molar-refractivity contribution >= 4 is 33.1 Å². The van der Waals surface area contributed by atoms with E-state index in [1.54, 1.807) is 24.5 Å². The van der Waals surface area contributed by atoms with Crippen molar-refractivity contribution in [3.8, 4) is 0 Å². The molecule has 3 heterocycles. The molecule has 0 bridgehead atoms. The number of carbonyl (C=O) groups excluding carboxylic acids is 1. The Morgan fingerprint density at radius 3 is 2.85 bits per heavy atom. The zero-order chi connectivity index (χ0) is 19.1. The Bertz CT molecular complexity index is 1120. The molecule has 1 aliphatic heterocycles. The quantitative estimate of drug-likeness (QED) is 0.719. The van der Waals surface area contributed by atoms with Crippen LogP contribution in [0, 0.1) is 19.7 Å². The zero-order valence-corrected chi connectivity index (χ0v) is 16.1. The predicted octanol–water partition coefficient (Wildman–Crippen LogP) is 4.19. The van der Waals surface area contributed by atoms with E-state index in [1.165, 1.54) is 23.5 Å². The SMILES string of the molecule is Cc1cc(F)ccc1NC(=O)c1sc2nc3n(c(=O)c2c1C)CCCCC3. The lowest BCUT2D eigenvalue weighted by molar-refractivity contribution is 0.103. The van der Waals surface area contributed by atoms with Crippen LogP contribution in [-0.2, 0) is 13.0 Å². The molecule has 2 aromatic heterocycles. The molecule has 1 aliphatic rings. The maximum Gasteiger partial charge on any atom is 0.266 e. The van der Waals surface area contributed by atoms with Gasteiger partial charge in [0.25, 0.3) is 11.5 Å². The van der Waals surface area contributed by atoms with Gasteiger partial charge in [-0.25, -0.2) is 9.37 Å². The van der Waals surface area contributed by atoms with E-state index in [1.807, 2.05) is 0 Å². The van der Waals surface area contributed by atoms with Crippen LogP contribution in [0.4, 0.5) is 10.1 Å². The largest absolute Gasteiger partial charge is 0.321 e. The Hall–Kier alpha value is -2.54. The highest BCUT2D eigenvalue weighted by molar-refractivity contribution is 7.20. The summed E-state index contributed by atoms with van der Waals surface area (Å²) in [4.78, 5) is 31.6. The van der Waals surface area contributed by atoms with Crippen LogP contribution in [0.15, 0.2) is 23.0 Å². The molecule has 0 aliphatic carbocycles. The summed E-state index contributed by atoms with van der Waals surface area (Å²) in [6, 6.07) is 4.23. The Labute approximate surface area is 159 Å². The molecular formula is C20H20FN3O2S. The average Bonchev–Trinajstić information content (AvgIpc) is 2.79. The summed E-state index contributed by atoms with van der Waals surface area (Å²) in [5.41, 5.74) is 1.80. The topological polar surface area (TPSA) is 64.0 Å². The van der Waals surface area contributed by atoms with Crippen LogP contribution in [0.1, 0.15) is 45.9 Å². The van der Waals surface area contributed by atoms with Crippen LogP contribution in [0.25, 0.3) is 10.2 Å². The molecule has 5 nitrogen and oxygen atoms in total. The third-order valence-electron chi connectivity index (χ3n) is 5.05. The first-order valence-electron chi connectivity index (χ1n) is 9.06. The number of hydrogen-bond acceptors (Lipinski definition) is 4. The number of thiophene rings is 1. The van der Waals surface area contributed by atoms with Crippen molar-refractivity contribution in [2.45, 2.75) is 46.1 Å². The van der Waals surface area contributed by atoms with Gasteiger partial charge in [-0.05, 0) is 56.0 Å². The maximum absolute atomic E-state index is 13.3. The normalized spacial score (nSPS) is 14.0. The smallest absolute Gasteiger partial charge is 0.266 e. The molecule has 1 aromatic carbocycles. The van der Waals surface area contributed by atoms with Crippen LogP contribution in [0.3, 0.4) is 0 Å². The van der Waals surface area contributed by atoms with E-state index in [0.717, 1.165) is 31.5 Å². The number of benzene rings is 1. The Morgan fingerprint density at radius 1 is 1.26 bits per heavy atom. The minimum Gasteiger partial charge on any atom is -0.321 e. The molecule has 27 heavy (non-hydrogen) atoms. The van der Waals surface area contributed by atoms with Crippen LogP contribution in [-0.4, -0.2) is 15.5 Å². The molecule has 3 aromatic rings. The first kappa shape index (κ1) is 17.9. The van der Waals surface area contributed by atoms with Crippen molar-refractivity contribution < 1.29 is 9.18 Å². The van der Waals surface area contributed by atoms with Crippen LogP contribution in [0.5, 0.6) is 0 Å². The molecule has 0 radical (unpaired) electrons. The summed E-state index contributed by atoms with van der Waals surface area (Å²) in [7, 11) is 0. The van der Waals surface area contributed by atoms with Gasteiger partial charge in [0.2, 0.25) is 0 Å². The van der Waals surface area contributed by atoms with E-state index in [0.29, 0.717) is 38.5 Å². The zero-order valence-electron chi connectivity index (χ0n) is 15.3. The van der Waals surface area contributed by atoms with Gasteiger partial charge in [-0.15, -0.1) is 11.3 Å². The monoisotopic (exact) mass is 385 g/mol. The fourth-order valence-electron chi connectivity index (χ4n) is 3.57. The third-order valence-corrected chi connectivity index (χ3v) is 6.24. The lowest BCUT2D eigenvalue weighted by Gasteiger charge is -2.08. The standard InChI is InChI=1S/C20H20FN3O2S/c1-11-10-13(21)7-8-14(11)22-18(25)17-12(2)16-19(27-17)23-15-6-4-3-5-9-24(15)20(16)26/h7-8,10H,3-6,9H2,1-2H3,(H,22,25). The van der Waals surface area contributed by atoms with Crippen molar-refractivity contribution in [2.24, 2.45) is 0 Å². The molecule has 0 spiro atoms. The van der Waals surface area contributed by atoms with Gasteiger partial charge in [0.05, 0.1) is 10.3 Å². The van der Waals surface area contributed by atoms with Crippen LogP contribution >= 0.6 is 11.3 Å². The van der Waals surface area contributed by atoms with Crippen LogP contribution in [0.2, 0.25) is 0 Å². The number of nitrogens with zero attached hydrogens (tertiary/aromatic N) is 2. The second-order valence-corrected chi connectivity index (χ2v) is 7.94. The van der Waals surface area contributed by atoms with Gasteiger partial charge in [0.15, 0.2) is 0 Å². The van der Waals surface area contributed by atoms with E-state index in [2.05, 4.69) is 10.3 Å². The number of aryl methyl sites for hydroxylation is 3. The predicted molar refractivity (Wildman–Crippen MR) is 105 cm³/mol. The number of halogens is 1. The number of rotatable bonds is 2. The molecular weight excluding hydrogens is 365 g/mol. The minimum absolute atomic E-state index is 0.0531. The van der Waals surface area contributed by atoms with Crippen LogP contribution < -0.4 is 10.9 Å². The summed E-state index contributed by atoms with van der Waals surface area (Å²) in [6.07, 6.45) is 3.89. The summed E-state index contributed by atoms with van der Waals surface area (Å²) in [5.74, 6) is 0.166. The van der Waals surface area contributed by atoms with Gasteiger partial charge >= 0.3 is 0 Å². The molecule has 0 saturated carbocycles. The molecule has 1 N–H and O–H groups in total. The Morgan fingerprint density at radius 2 is 2.07 bits per heavy atom. The van der Waals surface area contributed by atoms with Crippen molar-refractivity contribution in [3.05, 3.63) is 56.2 Å². The lowest BCUT2D eigenvalue weighted by Crippen LogP contribution is -2.24. The number of amides is 1. The fraction of sp³-hybridized carbons (Fsp3) is 0.350. The Balaban J connectivity index is 1.76. The molecule has 0 fully saturated rings. The van der Waals surface area contributed by atoms with Gasteiger partial charge in [-0.3, -0.25) is 14.2 Å². The van der Waals surface area contributed by atoms with Gasteiger partial charge in [0.1, 0.15) is 16.5 Å². The van der Waals surface area contributed by atoms with Crippen molar-refractivity contribution in [1.82, 2.24) is 9.55 Å². The summed E-state index contributed by atoms with van der Waals surface area (Å²) < 4.78 is 15.0. The maximum atomic E-state index is 13.3. The highest BCUT2D eigenvalue weighted by Crippen LogP contribution is 2.29. The lowest BCUT2D eigenvalue weighted by atomic mass is 10.1. The van der Waals surface area contributed by atoms with Crippen molar-refractivity contribution in [3.63, 3.8) is 0 Å². The number of anilines is 1. The number of aromatic nitrogens is 2. The number of hydrogen-bond donors (Lipinski definition) is 1. The van der Waals surface area contributed by atoms with Gasteiger partial charge in [0, 0.05) is 18.7 Å². The summed E-state index contributed by atoms with van der Waals surface area (Å²) >= 11 is 1.24. The van der Waals surface area contributed by atoms with E-state index in [4.69, 9.17) is 0 Å². The fourth-order valence-corrected chi connectivity index (χ4v) is 4.66. The van der Waals surface area contributed by atoms with E-state index < -0.39 is 0 Å². The van der Waals surface area contributed by atoms with E-state index >= 15 is 0 Å². The van der Waals surface area contributed by atoms with Crippen molar-refractivity contribution in [1.29, 1.82) is 0 Å². The first-order valence-corrected chi connectivity index (χ1v) is 9.87. The second-order valence-electron chi connectivity index (χ2n) is 6.95. The van der Waals surface area contributed by atoms with Gasteiger partial charge in [-0.2, -0.15) is 0 Å². The summed E-state index contributed by atoms with van der Waals surface area (Å²) in [6.45, 7) is 4.21. The molecule has 0 atom stereocenters. The van der Waals surface area contributed by atoms with E-state index in [-0.39, 0.29) is 17.3 Å². The van der Waals surface area contributed by atoms with Gasteiger partial charge < -0.3 is 5.32 Å². The number of fused-ring (bicyclic) bond motifs is 2. The molecule has 7 heteroatoms.